The molecular weight excluding hydrogens is 341 g/mol. The minimum Gasteiger partial charge on any atom is -0.383 e. The van der Waals surface area contributed by atoms with Crippen LogP contribution in [0.3, 0.4) is 0 Å². The molecule has 2 rings (SSSR count). The summed E-state index contributed by atoms with van der Waals surface area (Å²) >= 11 is 2.20. The monoisotopic (exact) mass is 357 g/mol. The third-order valence-electron chi connectivity index (χ3n) is 2.55. The van der Waals surface area contributed by atoms with Crippen molar-refractivity contribution in [2.24, 2.45) is 7.05 Å². The lowest BCUT2D eigenvalue weighted by Gasteiger charge is -2.20. The summed E-state index contributed by atoms with van der Waals surface area (Å²) in [7, 11) is 1.87. The maximum absolute atomic E-state index is 5.98. The molecule has 0 aliphatic rings. The maximum Gasteiger partial charge on any atom is 0.165 e. The molecule has 0 radical (unpaired) electrons. The maximum atomic E-state index is 5.98. The Labute approximate surface area is 120 Å². The number of aryl methyl sites for hydroxylation is 1. The first kappa shape index (κ1) is 13.3. The molecule has 0 atom stereocenters. The molecule has 0 unspecified atom stereocenters. The zero-order valence-electron chi connectivity index (χ0n) is 10.9. The predicted molar refractivity (Wildman–Crippen MR) is 80.1 cm³/mol. The average Bonchev–Trinajstić information content (AvgIpc) is 2.67. The van der Waals surface area contributed by atoms with E-state index in [2.05, 4.69) is 58.4 Å². The molecule has 5 nitrogen and oxygen atoms in total. The Kier molecular flexibility index (Phi) is 3.31. The number of nitrogens with two attached hydrogens (primary N) is 1. The first-order valence-corrected chi connectivity index (χ1v) is 6.69. The van der Waals surface area contributed by atoms with Crippen LogP contribution >= 0.6 is 22.6 Å². The fourth-order valence-electron chi connectivity index (χ4n) is 1.63. The van der Waals surface area contributed by atoms with Gasteiger partial charge in [-0.05, 0) is 22.6 Å². The van der Waals surface area contributed by atoms with Gasteiger partial charge >= 0.3 is 0 Å². The summed E-state index contributed by atoms with van der Waals surface area (Å²) in [6, 6.07) is 0. The molecule has 0 fully saturated rings. The minimum absolute atomic E-state index is 0.0649. The summed E-state index contributed by atoms with van der Waals surface area (Å²) in [5, 5.41) is 4.13. The first-order valence-electron chi connectivity index (χ1n) is 5.61. The van der Waals surface area contributed by atoms with Crippen LogP contribution < -0.4 is 5.73 Å². The van der Waals surface area contributed by atoms with Crippen molar-refractivity contribution in [1.82, 2.24) is 19.7 Å². The number of hydrogen-bond donors (Lipinski definition) is 1. The molecule has 0 spiro atoms. The number of nitrogen functional groups attached to an aromatic ring is 1. The molecule has 96 valence electrons. The summed E-state index contributed by atoms with van der Waals surface area (Å²) in [5.41, 5.74) is 7.76. The lowest BCUT2D eigenvalue weighted by atomic mass is 9.92. The Bertz CT molecular complexity index is 583. The molecule has 6 heteroatoms. The third-order valence-corrected chi connectivity index (χ3v) is 3.61. The topological polar surface area (TPSA) is 69.6 Å². The molecule has 0 aromatic carbocycles. The van der Waals surface area contributed by atoms with Crippen molar-refractivity contribution in [2.75, 3.05) is 5.73 Å². The quantitative estimate of drug-likeness (QED) is 0.796. The number of aromatic nitrogens is 4. The van der Waals surface area contributed by atoms with Crippen molar-refractivity contribution in [3.8, 4) is 11.4 Å². The van der Waals surface area contributed by atoms with Crippen LogP contribution in [-0.2, 0) is 12.5 Å². The standard InChI is InChI=1S/C12H16IN5/c1-12(2,3)9-8(13)10(14)17-11(16-9)7-5-15-18(4)6-7/h5-6H,1-4H3,(H2,14,16,17). The van der Waals surface area contributed by atoms with E-state index in [1.165, 1.54) is 0 Å². The Morgan fingerprint density at radius 1 is 1.28 bits per heavy atom. The molecule has 2 N–H and O–H groups in total. The van der Waals surface area contributed by atoms with Crippen LogP contribution in [0, 0.1) is 3.57 Å². The van der Waals surface area contributed by atoms with Crippen LogP contribution in [0.2, 0.25) is 0 Å². The van der Waals surface area contributed by atoms with Gasteiger partial charge in [0.2, 0.25) is 0 Å². The number of nitrogens with zero attached hydrogens (tertiary/aromatic N) is 4. The Balaban J connectivity index is 2.61. The second-order valence-electron chi connectivity index (χ2n) is 5.25. The van der Waals surface area contributed by atoms with Crippen molar-refractivity contribution < 1.29 is 0 Å². The van der Waals surface area contributed by atoms with Gasteiger partial charge in [-0.2, -0.15) is 5.10 Å². The average molecular weight is 357 g/mol. The van der Waals surface area contributed by atoms with E-state index in [-0.39, 0.29) is 5.41 Å². The van der Waals surface area contributed by atoms with E-state index in [4.69, 9.17) is 5.73 Å². The second kappa shape index (κ2) is 4.49. The smallest absolute Gasteiger partial charge is 0.165 e. The van der Waals surface area contributed by atoms with Crippen molar-refractivity contribution in [3.05, 3.63) is 21.7 Å². The van der Waals surface area contributed by atoms with Gasteiger partial charge in [0, 0.05) is 18.7 Å². The highest BCUT2D eigenvalue weighted by Crippen LogP contribution is 2.30. The zero-order valence-corrected chi connectivity index (χ0v) is 13.1. The van der Waals surface area contributed by atoms with Crippen LogP contribution in [-0.4, -0.2) is 19.7 Å². The summed E-state index contributed by atoms with van der Waals surface area (Å²) in [6.07, 6.45) is 3.63. The molecule has 2 aromatic heterocycles. The molecule has 0 saturated heterocycles. The molecule has 18 heavy (non-hydrogen) atoms. The van der Waals surface area contributed by atoms with Crippen molar-refractivity contribution in [1.29, 1.82) is 0 Å². The van der Waals surface area contributed by atoms with Gasteiger partial charge in [0.1, 0.15) is 5.82 Å². The van der Waals surface area contributed by atoms with Gasteiger partial charge in [0.05, 0.1) is 21.0 Å². The highest BCUT2D eigenvalue weighted by Gasteiger charge is 2.22. The van der Waals surface area contributed by atoms with Crippen molar-refractivity contribution >= 4 is 28.4 Å². The number of anilines is 1. The second-order valence-corrected chi connectivity index (χ2v) is 6.33. The van der Waals surface area contributed by atoms with Crippen LogP contribution in [0.4, 0.5) is 5.82 Å². The fourth-order valence-corrected chi connectivity index (χ4v) is 2.68. The highest BCUT2D eigenvalue weighted by atomic mass is 127. The minimum atomic E-state index is -0.0649. The van der Waals surface area contributed by atoms with Gasteiger partial charge in [0.25, 0.3) is 0 Å². The van der Waals surface area contributed by atoms with Gasteiger partial charge in [-0.25, -0.2) is 9.97 Å². The third kappa shape index (κ3) is 2.47. The van der Waals surface area contributed by atoms with Gasteiger partial charge in [-0.1, -0.05) is 20.8 Å². The Morgan fingerprint density at radius 2 is 1.94 bits per heavy atom. The van der Waals surface area contributed by atoms with Crippen molar-refractivity contribution in [3.63, 3.8) is 0 Å². The van der Waals surface area contributed by atoms with Crippen molar-refractivity contribution in [2.45, 2.75) is 26.2 Å². The molecule has 0 aliphatic heterocycles. The van der Waals surface area contributed by atoms with Crippen LogP contribution in [0.5, 0.6) is 0 Å². The van der Waals surface area contributed by atoms with Gasteiger partial charge in [0.15, 0.2) is 5.82 Å². The lowest BCUT2D eigenvalue weighted by Crippen LogP contribution is -2.18. The van der Waals surface area contributed by atoms with E-state index in [0.717, 1.165) is 14.8 Å². The van der Waals surface area contributed by atoms with E-state index < -0.39 is 0 Å². The van der Waals surface area contributed by atoms with Gasteiger partial charge < -0.3 is 5.73 Å². The van der Waals surface area contributed by atoms with Gasteiger partial charge in [-0.15, -0.1) is 0 Å². The Morgan fingerprint density at radius 3 is 2.44 bits per heavy atom. The summed E-state index contributed by atoms with van der Waals surface area (Å²) in [4.78, 5) is 8.97. The number of halogens is 1. The van der Waals surface area contributed by atoms with Crippen LogP contribution in [0.15, 0.2) is 12.4 Å². The van der Waals surface area contributed by atoms with E-state index in [1.807, 2.05) is 13.2 Å². The molecule has 2 aromatic rings. The SMILES string of the molecule is Cn1cc(-c2nc(N)c(I)c(C(C)(C)C)n2)cn1. The lowest BCUT2D eigenvalue weighted by molar-refractivity contribution is 0.564. The summed E-state index contributed by atoms with van der Waals surface area (Å²) in [6.45, 7) is 6.35. The molecular formula is C12H16IN5. The van der Waals surface area contributed by atoms with Gasteiger partial charge in [-0.3, -0.25) is 4.68 Å². The molecule has 0 saturated carbocycles. The molecule has 0 aliphatic carbocycles. The molecule has 2 heterocycles. The van der Waals surface area contributed by atoms with E-state index in [1.54, 1.807) is 10.9 Å². The highest BCUT2D eigenvalue weighted by molar-refractivity contribution is 14.1. The van der Waals surface area contributed by atoms with E-state index >= 15 is 0 Å². The number of rotatable bonds is 1. The Hall–Kier alpha value is -1.18. The number of hydrogen-bond acceptors (Lipinski definition) is 4. The predicted octanol–water partition coefficient (Wildman–Crippen LogP) is 2.36. The van der Waals surface area contributed by atoms with E-state index in [0.29, 0.717) is 11.6 Å². The molecule has 0 bridgehead atoms. The largest absolute Gasteiger partial charge is 0.383 e. The molecule has 0 amide bonds. The van der Waals surface area contributed by atoms with E-state index in [9.17, 15) is 0 Å². The normalized spacial score (nSPS) is 11.8. The zero-order chi connectivity index (χ0) is 13.5. The summed E-state index contributed by atoms with van der Waals surface area (Å²) in [5.74, 6) is 1.15. The van der Waals surface area contributed by atoms with Crippen LogP contribution in [0.25, 0.3) is 11.4 Å². The summed E-state index contributed by atoms with van der Waals surface area (Å²) < 4.78 is 2.65. The fraction of sp³-hybridized carbons (Fsp3) is 0.417. The van der Waals surface area contributed by atoms with Crippen LogP contribution in [0.1, 0.15) is 26.5 Å². The first-order chi connectivity index (χ1) is 8.29.